The zero-order chi connectivity index (χ0) is 9.56. The monoisotopic (exact) mass is 167 g/mol. The van der Waals surface area contributed by atoms with Gasteiger partial charge in [0, 0.05) is 12.6 Å². The summed E-state index contributed by atoms with van der Waals surface area (Å²) in [5.74, 6) is 0. The van der Waals surface area contributed by atoms with Gasteiger partial charge >= 0.3 is 0 Å². The number of hydrogen-bond acceptors (Lipinski definition) is 1. The van der Waals surface area contributed by atoms with E-state index in [9.17, 15) is 0 Å². The van der Waals surface area contributed by atoms with Crippen molar-refractivity contribution < 1.29 is 0 Å². The molecule has 0 aromatic rings. The number of rotatable bonds is 6. The van der Waals surface area contributed by atoms with E-state index in [-0.39, 0.29) is 0 Å². The van der Waals surface area contributed by atoms with Gasteiger partial charge in [-0.25, -0.2) is 0 Å². The van der Waals surface area contributed by atoms with Crippen LogP contribution in [0.3, 0.4) is 0 Å². The average molecular weight is 167 g/mol. The molecule has 0 bridgehead atoms. The van der Waals surface area contributed by atoms with Crippen LogP contribution in [-0.2, 0) is 0 Å². The van der Waals surface area contributed by atoms with Gasteiger partial charge in [0.2, 0.25) is 0 Å². The first-order chi connectivity index (χ1) is 5.67. The van der Waals surface area contributed by atoms with E-state index < -0.39 is 0 Å². The molecule has 0 rings (SSSR count). The van der Waals surface area contributed by atoms with Gasteiger partial charge in [0.05, 0.1) is 0 Å². The Kier molecular flexibility index (Phi) is 5.73. The first kappa shape index (κ1) is 11.4. The van der Waals surface area contributed by atoms with Crippen LogP contribution in [0, 0.1) is 0 Å². The molecule has 0 saturated carbocycles. The Hall–Kier alpha value is -0.560. The van der Waals surface area contributed by atoms with E-state index in [1.807, 2.05) is 6.08 Å². The molecule has 0 saturated heterocycles. The number of nitrogens with zero attached hydrogens (tertiary/aromatic N) is 1. The molecule has 0 radical (unpaired) electrons. The highest BCUT2D eigenvalue weighted by molar-refractivity contribution is 5.05. The summed E-state index contributed by atoms with van der Waals surface area (Å²) >= 11 is 0. The van der Waals surface area contributed by atoms with Crippen LogP contribution in [0.15, 0.2) is 24.8 Å². The van der Waals surface area contributed by atoms with Gasteiger partial charge < -0.3 is 0 Å². The normalized spacial score (nSPS) is 13.0. The molecule has 0 aliphatic rings. The van der Waals surface area contributed by atoms with Crippen LogP contribution in [0.1, 0.15) is 26.7 Å². The highest BCUT2D eigenvalue weighted by Crippen LogP contribution is 2.13. The number of hydrogen-bond donors (Lipinski definition) is 0. The van der Waals surface area contributed by atoms with Gasteiger partial charge in [-0.2, -0.15) is 0 Å². The van der Waals surface area contributed by atoms with E-state index in [4.69, 9.17) is 0 Å². The van der Waals surface area contributed by atoms with Crippen LogP contribution in [0.4, 0.5) is 0 Å². The highest BCUT2D eigenvalue weighted by Gasteiger charge is 2.12. The van der Waals surface area contributed by atoms with E-state index in [0.717, 1.165) is 19.4 Å². The second-order valence-corrected chi connectivity index (χ2v) is 3.16. The minimum Gasteiger partial charge on any atom is -0.296 e. The summed E-state index contributed by atoms with van der Waals surface area (Å²) < 4.78 is 0. The molecular weight excluding hydrogens is 146 g/mol. The summed E-state index contributed by atoms with van der Waals surface area (Å²) in [5, 5.41) is 0. The summed E-state index contributed by atoms with van der Waals surface area (Å²) in [7, 11) is 2.12. The molecule has 1 heteroatoms. The molecule has 70 valence electrons. The Morgan fingerprint density at radius 1 is 1.50 bits per heavy atom. The lowest BCUT2D eigenvalue weighted by atomic mass is 10.0. The summed E-state index contributed by atoms with van der Waals surface area (Å²) in [6.45, 7) is 13.1. The second kappa shape index (κ2) is 6.01. The predicted molar refractivity (Wildman–Crippen MR) is 56.3 cm³/mol. The van der Waals surface area contributed by atoms with Crippen molar-refractivity contribution in [2.75, 3.05) is 13.6 Å². The molecule has 1 unspecified atom stereocenters. The van der Waals surface area contributed by atoms with Crippen LogP contribution in [0.25, 0.3) is 0 Å². The lowest BCUT2D eigenvalue weighted by Crippen LogP contribution is -2.32. The van der Waals surface area contributed by atoms with Crippen molar-refractivity contribution in [2.24, 2.45) is 0 Å². The largest absolute Gasteiger partial charge is 0.296 e. The molecule has 0 N–H and O–H groups in total. The molecule has 0 aromatic heterocycles. The van der Waals surface area contributed by atoms with Gasteiger partial charge in [0.1, 0.15) is 0 Å². The van der Waals surface area contributed by atoms with Crippen molar-refractivity contribution in [2.45, 2.75) is 32.7 Å². The lowest BCUT2D eigenvalue weighted by molar-refractivity contribution is 0.289. The third-order valence-electron chi connectivity index (χ3n) is 2.26. The molecular formula is C11H21N. The maximum Gasteiger partial charge on any atom is 0.0302 e. The summed E-state index contributed by atoms with van der Waals surface area (Å²) in [6, 6.07) is 0.521. The van der Waals surface area contributed by atoms with Crippen LogP contribution < -0.4 is 0 Å². The molecule has 0 aliphatic carbocycles. The fraction of sp³-hybridized carbons (Fsp3) is 0.636. The SMILES string of the molecule is C=CCN(C)C(CC)C(=C)CC. The quantitative estimate of drug-likeness (QED) is 0.550. The Morgan fingerprint density at radius 2 is 2.08 bits per heavy atom. The van der Waals surface area contributed by atoms with E-state index in [2.05, 4.69) is 39.0 Å². The van der Waals surface area contributed by atoms with E-state index in [1.54, 1.807) is 0 Å². The molecule has 0 heterocycles. The third kappa shape index (κ3) is 3.22. The van der Waals surface area contributed by atoms with Gasteiger partial charge in [-0.15, -0.1) is 6.58 Å². The molecule has 0 aromatic carbocycles. The fourth-order valence-electron chi connectivity index (χ4n) is 1.48. The Balaban J connectivity index is 4.12. The van der Waals surface area contributed by atoms with Crippen LogP contribution in [-0.4, -0.2) is 24.5 Å². The van der Waals surface area contributed by atoms with Gasteiger partial charge in [-0.05, 0) is 19.9 Å². The fourth-order valence-corrected chi connectivity index (χ4v) is 1.48. The molecule has 0 aliphatic heterocycles. The maximum atomic E-state index is 4.07. The zero-order valence-electron chi connectivity index (χ0n) is 8.64. The van der Waals surface area contributed by atoms with E-state index in [1.165, 1.54) is 5.57 Å². The lowest BCUT2D eigenvalue weighted by Gasteiger charge is -2.27. The first-order valence-corrected chi connectivity index (χ1v) is 4.66. The minimum atomic E-state index is 0.521. The summed E-state index contributed by atoms with van der Waals surface area (Å²) in [6.07, 6.45) is 4.14. The molecule has 0 amide bonds. The molecule has 1 nitrogen and oxygen atoms in total. The van der Waals surface area contributed by atoms with Crippen molar-refractivity contribution in [3.8, 4) is 0 Å². The number of likely N-dealkylation sites (N-methyl/N-ethyl adjacent to an activating group) is 1. The first-order valence-electron chi connectivity index (χ1n) is 4.66. The predicted octanol–water partition coefficient (Wildman–Crippen LogP) is 2.85. The van der Waals surface area contributed by atoms with Crippen molar-refractivity contribution in [3.63, 3.8) is 0 Å². The Morgan fingerprint density at radius 3 is 2.42 bits per heavy atom. The minimum absolute atomic E-state index is 0.521. The summed E-state index contributed by atoms with van der Waals surface area (Å²) in [4.78, 5) is 2.29. The van der Waals surface area contributed by atoms with Crippen LogP contribution in [0.5, 0.6) is 0 Å². The van der Waals surface area contributed by atoms with Gasteiger partial charge in [-0.3, -0.25) is 4.90 Å². The Labute approximate surface area is 76.8 Å². The Bertz CT molecular complexity index is 149. The standard InChI is InChI=1S/C11H21N/c1-6-9-12(5)11(8-3)10(4)7-2/h6,11H,1,4,7-9H2,2-3,5H3. The van der Waals surface area contributed by atoms with Gasteiger partial charge in [0.25, 0.3) is 0 Å². The second-order valence-electron chi connectivity index (χ2n) is 3.16. The molecule has 0 spiro atoms. The summed E-state index contributed by atoms with van der Waals surface area (Å²) in [5.41, 5.74) is 1.32. The molecule has 12 heavy (non-hydrogen) atoms. The van der Waals surface area contributed by atoms with E-state index >= 15 is 0 Å². The van der Waals surface area contributed by atoms with Crippen LogP contribution in [0.2, 0.25) is 0 Å². The van der Waals surface area contributed by atoms with Crippen molar-refractivity contribution >= 4 is 0 Å². The van der Waals surface area contributed by atoms with Gasteiger partial charge in [-0.1, -0.05) is 32.1 Å². The van der Waals surface area contributed by atoms with Crippen LogP contribution >= 0.6 is 0 Å². The topological polar surface area (TPSA) is 3.24 Å². The highest BCUT2D eigenvalue weighted by atomic mass is 15.1. The average Bonchev–Trinajstić information content (AvgIpc) is 2.06. The zero-order valence-corrected chi connectivity index (χ0v) is 8.64. The molecule has 0 fully saturated rings. The van der Waals surface area contributed by atoms with Crippen molar-refractivity contribution in [3.05, 3.63) is 24.8 Å². The van der Waals surface area contributed by atoms with Gasteiger partial charge in [0.15, 0.2) is 0 Å². The van der Waals surface area contributed by atoms with Crippen molar-refractivity contribution in [1.82, 2.24) is 4.90 Å². The van der Waals surface area contributed by atoms with E-state index in [0.29, 0.717) is 6.04 Å². The third-order valence-corrected chi connectivity index (χ3v) is 2.26. The smallest absolute Gasteiger partial charge is 0.0302 e. The molecule has 1 atom stereocenters. The van der Waals surface area contributed by atoms with Crippen molar-refractivity contribution in [1.29, 1.82) is 0 Å². The maximum absolute atomic E-state index is 4.07.